The Hall–Kier alpha value is -0.740. The standard InChI is InChI=1S/C19H27BrO2/c1-19(2)21-17-18(22-19)15-13-11-9-7-5-3-4-6-8-10-12-14-16-20/h14,16,18H,3-8,10,12,17H2,1-2H3/b16-14+/t18-/m0/s1. The van der Waals surface area contributed by atoms with Crippen LogP contribution in [0.15, 0.2) is 11.1 Å². The summed E-state index contributed by atoms with van der Waals surface area (Å²) >= 11 is 3.29. The third-order valence-electron chi connectivity index (χ3n) is 3.40. The second kappa shape index (κ2) is 11.8. The molecule has 0 aromatic heterocycles. The molecule has 0 saturated carbocycles. The van der Waals surface area contributed by atoms with Gasteiger partial charge in [0.15, 0.2) is 5.79 Å². The van der Waals surface area contributed by atoms with Crippen LogP contribution in [0.2, 0.25) is 0 Å². The molecule has 1 rings (SSSR count). The number of halogens is 1. The first-order valence-electron chi connectivity index (χ1n) is 8.19. The maximum atomic E-state index is 5.59. The lowest BCUT2D eigenvalue weighted by molar-refractivity contribution is -0.132. The van der Waals surface area contributed by atoms with Gasteiger partial charge in [-0.2, -0.15) is 0 Å². The number of ether oxygens (including phenoxy) is 2. The average molecular weight is 367 g/mol. The fourth-order valence-electron chi connectivity index (χ4n) is 2.23. The molecule has 0 aromatic rings. The summed E-state index contributed by atoms with van der Waals surface area (Å²) in [6, 6.07) is 0. The van der Waals surface area contributed by atoms with Gasteiger partial charge in [0, 0.05) is 6.42 Å². The van der Waals surface area contributed by atoms with E-state index in [-0.39, 0.29) is 6.10 Å². The molecular formula is C19H27BrO2. The summed E-state index contributed by atoms with van der Waals surface area (Å²) in [5.74, 6) is 11.4. The Labute approximate surface area is 144 Å². The molecule has 0 radical (unpaired) electrons. The zero-order chi connectivity index (χ0) is 16.1. The minimum atomic E-state index is -0.503. The van der Waals surface area contributed by atoms with E-state index in [1.165, 1.54) is 44.9 Å². The first kappa shape index (κ1) is 19.3. The van der Waals surface area contributed by atoms with E-state index in [9.17, 15) is 0 Å². The third kappa shape index (κ3) is 10.1. The summed E-state index contributed by atoms with van der Waals surface area (Å²) < 4.78 is 11.0. The Bertz CT molecular complexity index is 446. The molecule has 0 N–H and O–H groups in total. The van der Waals surface area contributed by atoms with E-state index < -0.39 is 5.79 Å². The van der Waals surface area contributed by atoms with E-state index in [0.717, 1.165) is 6.42 Å². The molecule has 1 fully saturated rings. The van der Waals surface area contributed by atoms with Crippen molar-refractivity contribution >= 4 is 15.9 Å². The monoisotopic (exact) mass is 366 g/mol. The van der Waals surface area contributed by atoms with Gasteiger partial charge in [0.05, 0.1) is 6.61 Å². The van der Waals surface area contributed by atoms with Crippen LogP contribution in [0.3, 0.4) is 0 Å². The van der Waals surface area contributed by atoms with Crippen molar-refractivity contribution in [2.45, 2.75) is 77.1 Å². The van der Waals surface area contributed by atoms with Crippen molar-refractivity contribution in [3.05, 3.63) is 11.1 Å². The molecule has 0 unspecified atom stereocenters. The quantitative estimate of drug-likeness (QED) is 0.435. The van der Waals surface area contributed by atoms with Crippen LogP contribution in [0.25, 0.3) is 0 Å². The Kier molecular flexibility index (Phi) is 10.3. The average Bonchev–Trinajstić information content (AvgIpc) is 2.83. The molecule has 2 nitrogen and oxygen atoms in total. The van der Waals surface area contributed by atoms with E-state index >= 15 is 0 Å². The van der Waals surface area contributed by atoms with E-state index in [1.807, 2.05) is 18.8 Å². The smallest absolute Gasteiger partial charge is 0.164 e. The first-order valence-corrected chi connectivity index (χ1v) is 9.11. The molecule has 0 aromatic carbocycles. The highest BCUT2D eigenvalue weighted by atomic mass is 79.9. The number of unbranched alkanes of at least 4 members (excludes halogenated alkanes) is 7. The molecule has 1 atom stereocenters. The van der Waals surface area contributed by atoms with Crippen LogP contribution in [-0.4, -0.2) is 18.5 Å². The number of rotatable bonds is 8. The summed E-state index contributed by atoms with van der Waals surface area (Å²) in [6.45, 7) is 4.34. The van der Waals surface area contributed by atoms with Crippen molar-refractivity contribution < 1.29 is 9.47 Å². The molecule has 22 heavy (non-hydrogen) atoms. The van der Waals surface area contributed by atoms with Crippen LogP contribution >= 0.6 is 15.9 Å². The summed E-state index contributed by atoms with van der Waals surface area (Å²) in [4.78, 5) is 1.95. The molecular weight excluding hydrogens is 340 g/mol. The molecule has 0 spiro atoms. The van der Waals surface area contributed by atoms with Crippen molar-refractivity contribution in [1.82, 2.24) is 0 Å². The summed E-state index contributed by atoms with van der Waals surface area (Å²) in [7, 11) is 0. The molecule has 0 aliphatic carbocycles. The van der Waals surface area contributed by atoms with Gasteiger partial charge >= 0.3 is 0 Å². The minimum absolute atomic E-state index is 0.135. The summed E-state index contributed by atoms with van der Waals surface area (Å²) in [5, 5.41) is 0. The zero-order valence-electron chi connectivity index (χ0n) is 13.8. The Balaban J connectivity index is 1.96. The van der Waals surface area contributed by atoms with Crippen LogP contribution in [0.5, 0.6) is 0 Å². The second-order valence-electron chi connectivity index (χ2n) is 5.91. The number of hydrogen-bond donors (Lipinski definition) is 0. The molecule has 1 aliphatic heterocycles. The van der Waals surface area contributed by atoms with Gasteiger partial charge in [-0.1, -0.05) is 59.5 Å². The largest absolute Gasteiger partial charge is 0.347 e. The topological polar surface area (TPSA) is 18.5 Å². The maximum absolute atomic E-state index is 5.59. The minimum Gasteiger partial charge on any atom is -0.347 e. The first-order chi connectivity index (χ1) is 10.6. The number of allylic oxidation sites excluding steroid dienone is 1. The molecule has 0 amide bonds. The lowest BCUT2D eigenvalue weighted by atomic mass is 10.1. The molecule has 1 aliphatic rings. The van der Waals surface area contributed by atoms with E-state index in [2.05, 4.69) is 45.7 Å². The summed E-state index contributed by atoms with van der Waals surface area (Å²) in [5.41, 5.74) is 0. The Morgan fingerprint density at radius 2 is 1.82 bits per heavy atom. The predicted molar refractivity (Wildman–Crippen MR) is 95.5 cm³/mol. The summed E-state index contributed by atoms with van der Waals surface area (Å²) in [6.07, 6.45) is 11.9. The van der Waals surface area contributed by atoms with E-state index in [1.54, 1.807) is 0 Å². The van der Waals surface area contributed by atoms with Gasteiger partial charge < -0.3 is 9.47 Å². The molecule has 1 heterocycles. The van der Waals surface area contributed by atoms with Crippen LogP contribution in [0.4, 0.5) is 0 Å². The highest BCUT2D eigenvalue weighted by Gasteiger charge is 2.31. The van der Waals surface area contributed by atoms with Gasteiger partial charge in [-0.05, 0) is 49.9 Å². The van der Waals surface area contributed by atoms with Crippen LogP contribution < -0.4 is 0 Å². The third-order valence-corrected chi connectivity index (χ3v) is 3.78. The predicted octanol–water partition coefficient (Wildman–Crippen LogP) is 5.17. The van der Waals surface area contributed by atoms with Crippen molar-refractivity contribution in [2.24, 2.45) is 0 Å². The van der Waals surface area contributed by atoms with Crippen molar-refractivity contribution in [2.75, 3.05) is 6.61 Å². The van der Waals surface area contributed by atoms with Gasteiger partial charge in [-0.3, -0.25) is 0 Å². The van der Waals surface area contributed by atoms with Crippen molar-refractivity contribution in [3.63, 3.8) is 0 Å². The van der Waals surface area contributed by atoms with Crippen molar-refractivity contribution in [1.29, 1.82) is 0 Å². The zero-order valence-corrected chi connectivity index (χ0v) is 15.4. The second-order valence-corrected chi connectivity index (χ2v) is 6.44. The fraction of sp³-hybridized carbons (Fsp3) is 0.684. The van der Waals surface area contributed by atoms with Gasteiger partial charge in [0.25, 0.3) is 0 Å². The van der Waals surface area contributed by atoms with Gasteiger partial charge in [0.1, 0.15) is 6.10 Å². The molecule has 122 valence electrons. The highest BCUT2D eigenvalue weighted by molar-refractivity contribution is 9.11. The normalized spacial score (nSPS) is 19.5. The van der Waals surface area contributed by atoms with E-state index in [4.69, 9.17) is 9.47 Å². The van der Waals surface area contributed by atoms with Crippen LogP contribution in [0, 0.1) is 23.7 Å². The maximum Gasteiger partial charge on any atom is 0.164 e. The van der Waals surface area contributed by atoms with Gasteiger partial charge in [0.2, 0.25) is 0 Å². The fourth-order valence-corrected chi connectivity index (χ4v) is 2.49. The van der Waals surface area contributed by atoms with Gasteiger partial charge in [-0.15, -0.1) is 0 Å². The lowest BCUT2D eigenvalue weighted by Crippen LogP contribution is -2.20. The van der Waals surface area contributed by atoms with Gasteiger partial charge in [-0.25, -0.2) is 0 Å². The number of hydrogen-bond acceptors (Lipinski definition) is 2. The molecule has 1 saturated heterocycles. The molecule has 0 bridgehead atoms. The lowest BCUT2D eigenvalue weighted by Gasteiger charge is -2.14. The Morgan fingerprint density at radius 1 is 1.09 bits per heavy atom. The highest BCUT2D eigenvalue weighted by Crippen LogP contribution is 2.21. The Morgan fingerprint density at radius 3 is 2.50 bits per heavy atom. The van der Waals surface area contributed by atoms with Crippen LogP contribution in [-0.2, 0) is 9.47 Å². The van der Waals surface area contributed by atoms with Crippen LogP contribution in [0.1, 0.15) is 65.2 Å². The molecule has 3 heteroatoms. The SMILES string of the molecule is CC1(C)OC[C@H](C#CC#CCCCCCCCC/C=C/Br)O1. The van der Waals surface area contributed by atoms with E-state index in [0.29, 0.717) is 6.61 Å². The van der Waals surface area contributed by atoms with Crippen molar-refractivity contribution in [3.8, 4) is 23.7 Å².